The van der Waals surface area contributed by atoms with E-state index in [1.807, 2.05) is 23.1 Å². The van der Waals surface area contributed by atoms with Crippen LogP contribution < -0.4 is 4.74 Å². The molecule has 1 fully saturated rings. The first-order valence-electron chi connectivity index (χ1n) is 8.47. The van der Waals surface area contributed by atoms with Crippen LogP contribution in [0.2, 0.25) is 0 Å². The predicted molar refractivity (Wildman–Crippen MR) is 93.4 cm³/mol. The molecule has 136 valence electrons. The maximum Gasteiger partial charge on any atom is 0.212 e. The molecule has 4 heterocycles. The molecule has 2 unspecified atom stereocenters. The first-order valence-corrected chi connectivity index (χ1v) is 8.47. The zero-order valence-corrected chi connectivity index (χ0v) is 14.4. The molecular weight excluding hydrogens is 337 g/mol. The molecule has 0 amide bonds. The number of aromatic amines is 1. The quantitative estimate of drug-likeness (QED) is 0.728. The highest BCUT2D eigenvalue weighted by molar-refractivity contribution is 5.73. The van der Waals surface area contributed by atoms with Gasteiger partial charge < -0.3 is 14.5 Å². The number of nitrogens with zero attached hydrogens (tertiary/aromatic N) is 4. The number of H-pyrrole nitrogens is 1. The van der Waals surface area contributed by atoms with Gasteiger partial charge in [-0.2, -0.15) is 0 Å². The van der Waals surface area contributed by atoms with Gasteiger partial charge in [0.15, 0.2) is 0 Å². The minimum atomic E-state index is -1.02. The van der Waals surface area contributed by atoms with Crippen LogP contribution in [0.1, 0.15) is 11.4 Å². The minimum absolute atomic E-state index is 0.248. The second kappa shape index (κ2) is 7.35. The minimum Gasteiger partial charge on any atom is -0.481 e. The Morgan fingerprint density at radius 1 is 1.27 bits per heavy atom. The van der Waals surface area contributed by atoms with Gasteiger partial charge in [0.05, 0.1) is 24.3 Å². The number of halogens is 1. The standard InChI is InChI=1S/C18H20FN5O2/c1-25-18-3-2-12(6-21-18)8-24-9-13(19)16(10-24)26-11-17-22-14-4-5-20-7-15(14)23-17/h2-7,13,16H,8-11H2,1H3,(H,22,23). The SMILES string of the molecule is COc1ccc(CN2CC(F)C(OCc3nc4ccncc4[nH]3)C2)cn1. The lowest BCUT2D eigenvalue weighted by Gasteiger charge is -2.15. The number of methoxy groups -OCH3 is 1. The van der Waals surface area contributed by atoms with Gasteiger partial charge in [-0.15, -0.1) is 0 Å². The van der Waals surface area contributed by atoms with Gasteiger partial charge in [-0.05, 0) is 11.6 Å². The molecule has 26 heavy (non-hydrogen) atoms. The van der Waals surface area contributed by atoms with E-state index in [4.69, 9.17) is 9.47 Å². The predicted octanol–water partition coefficient (Wildman–Crippen LogP) is 2.10. The lowest BCUT2D eigenvalue weighted by Crippen LogP contribution is -2.24. The third-order valence-electron chi connectivity index (χ3n) is 4.45. The van der Waals surface area contributed by atoms with Gasteiger partial charge in [-0.1, -0.05) is 6.07 Å². The molecule has 0 bridgehead atoms. The first-order chi connectivity index (χ1) is 12.7. The number of rotatable bonds is 6. The Balaban J connectivity index is 1.33. The Bertz CT molecular complexity index is 836. The topological polar surface area (TPSA) is 76.2 Å². The fraction of sp³-hybridized carbons (Fsp3) is 0.389. The van der Waals surface area contributed by atoms with Crippen LogP contribution in [0.5, 0.6) is 5.88 Å². The normalized spacial score (nSPS) is 20.7. The van der Waals surface area contributed by atoms with Crippen LogP contribution in [-0.4, -0.2) is 57.3 Å². The molecule has 1 saturated heterocycles. The van der Waals surface area contributed by atoms with E-state index in [1.165, 1.54) is 0 Å². The largest absolute Gasteiger partial charge is 0.481 e. The van der Waals surface area contributed by atoms with Gasteiger partial charge in [-0.3, -0.25) is 9.88 Å². The highest BCUT2D eigenvalue weighted by Gasteiger charge is 2.33. The van der Waals surface area contributed by atoms with Gasteiger partial charge in [0.2, 0.25) is 5.88 Å². The van der Waals surface area contributed by atoms with E-state index in [9.17, 15) is 4.39 Å². The van der Waals surface area contributed by atoms with Crippen molar-refractivity contribution in [3.8, 4) is 5.88 Å². The molecular formula is C18H20FN5O2. The van der Waals surface area contributed by atoms with Gasteiger partial charge in [0, 0.05) is 38.1 Å². The Labute approximate surface area is 150 Å². The summed E-state index contributed by atoms with van der Waals surface area (Å²) in [6, 6.07) is 5.58. The molecule has 0 radical (unpaired) electrons. The maximum atomic E-state index is 14.3. The average molecular weight is 357 g/mol. The van der Waals surface area contributed by atoms with Crippen molar-refractivity contribution in [3.63, 3.8) is 0 Å². The van der Waals surface area contributed by atoms with E-state index in [1.54, 1.807) is 25.7 Å². The highest BCUT2D eigenvalue weighted by Crippen LogP contribution is 2.21. The summed E-state index contributed by atoms with van der Waals surface area (Å²) in [5, 5.41) is 0. The summed E-state index contributed by atoms with van der Waals surface area (Å²) in [5.74, 6) is 1.25. The molecule has 1 N–H and O–H groups in total. The number of likely N-dealkylation sites (tertiary alicyclic amines) is 1. The van der Waals surface area contributed by atoms with Crippen molar-refractivity contribution < 1.29 is 13.9 Å². The molecule has 3 aromatic rings. The van der Waals surface area contributed by atoms with Crippen molar-refractivity contribution in [2.45, 2.75) is 25.4 Å². The van der Waals surface area contributed by atoms with E-state index in [0.29, 0.717) is 31.3 Å². The molecule has 2 atom stereocenters. The lowest BCUT2D eigenvalue weighted by molar-refractivity contribution is 0.00863. The van der Waals surface area contributed by atoms with Crippen LogP contribution in [0.25, 0.3) is 11.0 Å². The summed E-state index contributed by atoms with van der Waals surface area (Å²) in [6.45, 7) is 1.76. The lowest BCUT2D eigenvalue weighted by atomic mass is 10.2. The molecule has 0 aliphatic carbocycles. The van der Waals surface area contributed by atoms with Crippen LogP contribution in [0, 0.1) is 0 Å². The number of pyridine rings is 2. The molecule has 1 aliphatic heterocycles. The van der Waals surface area contributed by atoms with Crippen LogP contribution in [0.3, 0.4) is 0 Å². The van der Waals surface area contributed by atoms with E-state index in [-0.39, 0.29) is 6.61 Å². The monoisotopic (exact) mass is 357 g/mol. The number of ether oxygens (including phenoxy) is 2. The molecule has 0 aromatic carbocycles. The number of hydrogen-bond donors (Lipinski definition) is 1. The zero-order valence-electron chi connectivity index (χ0n) is 14.4. The van der Waals surface area contributed by atoms with E-state index in [2.05, 4.69) is 19.9 Å². The number of imidazole rings is 1. The fourth-order valence-corrected chi connectivity index (χ4v) is 3.14. The van der Waals surface area contributed by atoms with Crippen LogP contribution in [-0.2, 0) is 17.9 Å². The van der Waals surface area contributed by atoms with Crippen molar-refractivity contribution in [2.24, 2.45) is 0 Å². The zero-order chi connectivity index (χ0) is 17.9. The van der Waals surface area contributed by atoms with Crippen molar-refractivity contribution in [1.29, 1.82) is 0 Å². The van der Waals surface area contributed by atoms with E-state index < -0.39 is 12.3 Å². The molecule has 3 aromatic heterocycles. The summed E-state index contributed by atoms with van der Waals surface area (Å²) >= 11 is 0. The van der Waals surface area contributed by atoms with Gasteiger partial charge in [0.1, 0.15) is 24.7 Å². The molecule has 1 aliphatic rings. The second-order valence-corrected chi connectivity index (χ2v) is 6.34. The number of fused-ring (bicyclic) bond motifs is 1. The molecule has 7 nitrogen and oxygen atoms in total. The Morgan fingerprint density at radius 2 is 2.19 bits per heavy atom. The maximum absolute atomic E-state index is 14.3. The molecule has 4 rings (SSSR count). The number of aromatic nitrogens is 4. The van der Waals surface area contributed by atoms with E-state index in [0.717, 1.165) is 16.6 Å². The third kappa shape index (κ3) is 3.66. The number of alkyl halides is 1. The van der Waals surface area contributed by atoms with Crippen LogP contribution in [0.15, 0.2) is 36.8 Å². The van der Waals surface area contributed by atoms with Crippen molar-refractivity contribution in [3.05, 3.63) is 48.2 Å². The van der Waals surface area contributed by atoms with Crippen molar-refractivity contribution >= 4 is 11.0 Å². The Kier molecular flexibility index (Phi) is 4.77. The summed E-state index contributed by atoms with van der Waals surface area (Å²) in [4.78, 5) is 17.8. The summed E-state index contributed by atoms with van der Waals surface area (Å²) < 4.78 is 25.1. The molecule has 8 heteroatoms. The molecule has 0 spiro atoms. The van der Waals surface area contributed by atoms with Gasteiger partial charge >= 0.3 is 0 Å². The first kappa shape index (κ1) is 16.9. The second-order valence-electron chi connectivity index (χ2n) is 6.34. The van der Waals surface area contributed by atoms with Crippen molar-refractivity contribution in [2.75, 3.05) is 20.2 Å². The summed E-state index contributed by atoms with van der Waals surface area (Å²) in [5.41, 5.74) is 2.70. The number of nitrogens with one attached hydrogen (secondary N) is 1. The highest BCUT2D eigenvalue weighted by atomic mass is 19.1. The van der Waals surface area contributed by atoms with Crippen molar-refractivity contribution in [1.82, 2.24) is 24.8 Å². The van der Waals surface area contributed by atoms with Crippen LogP contribution >= 0.6 is 0 Å². The number of hydrogen-bond acceptors (Lipinski definition) is 6. The smallest absolute Gasteiger partial charge is 0.212 e. The Morgan fingerprint density at radius 3 is 2.96 bits per heavy atom. The van der Waals surface area contributed by atoms with Crippen LogP contribution in [0.4, 0.5) is 4.39 Å². The third-order valence-corrected chi connectivity index (χ3v) is 4.45. The summed E-state index contributed by atoms with van der Waals surface area (Å²) in [7, 11) is 1.58. The molecule has 0 saturated carbocycles. The van der Waals surface area contributed by atoms with Gasteiger partial charge in [-0.25, -0.2) is 14.4 Å². The average Bonchev–Trinajstić information content (AvgIpc) is 3.23. The fourth-order valence-electron chi connectivity index (χ4n) is 3.14. The van der Waals surface area contributed by atoms with E-state index >= 15 is 0 Å². The van der Waals surface area contributed by atoms with Gasteiger partial charge in [0.25, 0.3) is 0 Å². The Hall–Kier alpha value is -2.58. The summed E-state index contributed by atoms with van der Waals surface area (Å²) in [6.07, 6.45) is 3.67.